The molecule has 1 N–H and O–H groups in total. The van der Waals surface area contributed by atoms with Gasteiger partial charge in [-0.2, -0.15) is 0 Å². The van der Waals surface area contributed by atoms with Crippen molar-refractivity contribution in [2.24, 2.45) is 5.92 Å². The van der Waals surface area contributed by atoms with Gasteiger partial charge in [-0.25, -0.2) is 0 Å². The van der Waals surface area contributed by atoms with Crippen LogP contribution in [0.3, 0.4) is 0 Å². The maximum Gasteiger partial charge on any atom is 0.0181 e. The Labute approximate surface area is 69.6 Å². The smallest absolute Gasteiger partial charge is 0.0181 e. The van der Waals surface area contributed by atoms with Gasteiger partial charge in [0.25, 0.3) is 0 Å². The molecule has 2 atom stereocenters. The molecule has 1 nitrogen and oxygen atoms in total. The summed E-state index contributed by atoms with van der Waals surface area (Å²) in [6, 6.07) is 0. The predicted molar refractivity (Wildman–Crippen MR) is 47.6 cm³/mol. The standard InChI is InChI=1S/C10H19N/c1-10-7-3-2-5-9(10)6-4-8-11-10/h9,11H,2-8H2,1H3/t9-,10-/m1/s1. The largest absolute Gasteiger partial charge is 0.311 e. The molecule has 1 aliphatic carbocycles. The molecule has 1 saturated heterocycles. The zero-order valence-corrected chi connectivity index (χ0v) is 7.53. The Morgan fingerprint density at radius 3 is 2.82 bits per heavy atom. The van der Waals surface area contributed by atoms with Gasteiger partial charge >= 0.3 is 0 Å². The summed E-state index contributed by atoms with van der Waals surface area (Å²) in [7, 11) is 0. The van der Waals surface area contributed by atoms with Crippen molar-refractivity contribution in [3.63, 3.8) is 0 Å². The van der Waals surface area contributed by atoms with E-state index in [4.69, 9.17) is 0 Å². The second-order valence-electron chi connectivity index (χ2n) is 4.43. The Hall–Kier alpha value is -0.0400. The fraction of sp³-hybridized carbons (Fsp3) is 1.00. The lowest BCUT2D eigenvalue weighted by molar-refractivity contribution is 0.120. The number of piperidine rings is 1. The normalized spacial score (nSPS) is 45.0. The summed E-state index contributed by atoms with van der Waals surface area (Å²) >= 11 is 0. The van der Waals surface area contributed by atoms with Crippen molar-refractivity contribution >= 4 is 0 Å². The Balaban J connectivity index is 2.06. The van der Waals surface area contributed by atoms with Crippen molar-refractivity contribution < 1.29 is 0 Å². The number of rotatable bonds is 0. The first-order chi connectivity index (χ1) is 5.31. The molecule has 0 aromatic carbocycles. The van der Waals surface area contributed by atoms with E-state index < -0.39 is 0 Å². The Morgan fingerprint density at radius 1 is 1.18 bits per heavy atom. The van der Waals surface area contributed by atoms with Gasteiger partial charge in [0.15, 0.2) is 0 Å². The van der Waals surface area contributed by atoms with E-state index in [0.29, 0.717) is 5.54 Å². The average molecular weight is 153 g/mol. The summed E-state index contributed by atoms with van der Waals surface area (Å²) in [5, 5.41) is 3.70. The van der Waals surface area contributed by atoms with Gasteiger partial charge in [-0.3, -0.25) is 0 Å². The van der Waals surface area contributed by atoms with Gasteiger partial charge in [-0.1, -0.05) is 12.8 Å². The van der Waals surface area contributed by atoms with E-state index in [1.165, 1.54) is 45.1 Å². The van der Waals surface area contributed by atoms with Crippen molar-refractivity contribution in [2.75, 3.05) is 6.54 Å². The molecular weight excluding hydrogens is 134 g/mol. The Kier molecular flexibility index (Phi) is 1.92. The summed E-state index contributed by atoms with van der Waals surface area (Å²) in [5.74, 6) is 0.991. The molecule has 1 saturated carbocycles. The molecule has 1 aliphatic heterocycles. The molecular formula is C10H19N. The first-order valence-electron chi connectivity index (χ1n) is 5.06. The first-order valence-corrected chi connectivity index (χ1v) is 5.06. The van der Waals surface area contributed by atoms with Crippen LogP contribution >= 0.6 is 0 Å². The molecule has 2 rings (SSSR count). The van der Waals surface area contributed by atoms with E-state index in [1.807, 2.05) is 0 Å². The molecule has 0 aromatic rings. The summed E-state index contributed by atoms with van der Waals surface area (Å²) in [6.45, 7) is 3.68. The van der Waals surface area contributed by atoms with E-state index in [2.05, 4.69) is 12.2 Å². The molecule has 0 spiro atoms. The zero-order chi connectivity index (χ0) is 7.73. The van der Waals surface area contributed by atoms with Crippen LogP contribution in [0.25, 0.3) is 0 Å². The Bertz CT molecular complexity index is 130. The van der Waals surface area contributed by atoms with Gasteiger partial charge in [0.2, 0.25) is 0 Å². The monoisotopic (exact) mass is 153 g/mol. The summed E-state index contributed by atoms with van der Waals surface area (Å²) in [6.07, 6.45) is 8.69. The minimum atomic E-state index is 0.524. The van der Waals surface area contributed by atoms with Crippen molar-refractivity contribution in [3.8, 4) is 0 Å². The zero-order valence-electron chi connectivity index (χ0n) is 7.53. The van der Waals surface area contributed by atoms with E-state index in [1.54, 1.807) is 0 Å². The van der Waals surface area contributed by atoms with Crippen LogP contribution in [0.5, 0.6) is 0 Å². The van der Waals surface area contributed by atoms with Crippen molar-refractivity contribution in [3.05, 3.63) is 0 Å². The van der Waals surface area contributed by atoms with E-state index in [9.17, 15) is 0 Å². The summed E-state index contributed by atoms with van der Waals surface area (Å²) in [4.78, 5) is 0. The molecule has 0 aromatic heterocycles. The third-order valence-corrected chi connectivity index (χ3v) is 3.66. The molecule has 0 bridgehead atoms. The maximum absolute atomic E-state index is 3.70. The van der Waals surface area contributed by atoms with Gasteiger partial charge in [0.05, 0.1) is 0 Å². The molecule has 64 valence electrons. The van der Waals surface area contributed by atoms with Crippen LogP contribution in [0.1, 0.15) is 45.4 Å². The topological polar surface area (TPSA) is 12.0 Å². The lowest BCUT2D eigenvalue weighted by Gasteiger charge is -2.45. The van der Waals surface area contributed by atoms with E-state index in [0.717, 1.165) is 5.92 Å². The molecule has 1 heterocycles. The van der Waals surface area contributed by atoms with Gasteiger partial charge in [0.1, 0.15) is 0 Å². The third-order valence-electron chi connectivity index (χ3n) is 3.66. The number of fused-ring (bicyclic) bond motifs is 1. The SMILES string of the molecule is C[C@@]12CCCC[C@@H]1CCCN2. The minimum Gasteiger partial charge on any atom is -0.311 e. The lowest BCUT2D eigenvalue weighted by Crippen LogP contribution is -2.53. The first kappa shape index (κ1) is 7.60. The van der Waals surface area contributed by atoms with Crippen LogP contribution in [0.15, 0.2) is 0 Å². The number of hydrogen-bond donors (Lipinski definition) is 1. The summed E-state index contributed by atoms with van der Waals surface area (Å²) in [5.41, 5.74) is 0.524. The quantitative estimate of drug-likeness (QED) is 0.563. The number of hydrogen-bond acceptors (Lipinski definition) is 1. The molecule has 0 amide bonds. The van der Waals surface area contributed by atoms with Crippen LogP contribution in [0.2, 0.25) is 0 Å². The van der Waals surface area contributed by atoms with Gasteiger partial charge in [0, 0.05) is 5.54 Å². The molecule has 1 heteroatoms. The molecule has 11 heavy (non-hydrogen) atoms. The van der Waals surface area contributed by atoms with Crippen LogP contribution in [-0.4, -0.2) is 12.1 Å². The molecule has 0 radical (unpaired) electrons. The molecule has 2 aliphatic rings. The van der Waals surface area contributed by atoms with Crippen LogP contribution < -0.4 is 5.32 Å². The van der Waals surface area contributed by atoms with Crippen molar-refractivity contribution in [1.82, 2.24) is 5.32 Å². The minimum absolute atomic E-state index is 0.524. The highest BCUT2D eigenvalue weighted by Crippen LogP contribution is 2.38. The Morgan fingerprint density at radius 2 is 2.00 bits per heavy atom. The second-order valence-corrected chi connectivity index (χ2v) is 4.43. The van der Waals surface area contributed by atoms with Crippen LogP contribution in [-0.2, 0) is 0 Å². The van der Waals surface area contributed by atoms with Gasteiger partial charge in [-0.15, -0.1) is 0 Å². The van der Waals surface area contributed by atoms with Crippen molar-refractivity contribution in [1.29, 1.82) is 0 Å². The average Bonchev–Trinajstić information content (AvgIpc) is 2.03. The maximum atomic E-state index is 3.70. The van der Waals surface area contributed by atoms with Gasteiger partial charge < -0.3 is 5.32 Å². The molecule has 0 unspecified atom stereocenters. The van der Waals surface area contributed by atoms with Gasteiger partial charge in [-0.05, 0) is 45.1 Å². The van der Waals surface area contributed by atoms with E-state index >= 15 is 0 Å². The highest BCUT2D eigenvalue weighted by Gasteiger charge is 2.37. The lowest BCUT2D eigenvalue weighted by atomic mass is 9.70. The fourth-order valence-corrected chi connectivity index (χ4v) is 2.82. The predicted octanol–water partition coefficient (Wildman–Crippen LogP) is 2.32. The van der Waals surface area contributed by atoms with Crippen LogP contribution in [0.4, 0.5) is 0 Å². The second kappa shape index (κ2) is 2.78. The van der Waals surface area contributed by atoms with E-state index in [-0.39, 0.29) is 0 Å². The van der Waals surface area contributed by atoms with Crippen molar-refractivity contribution in [2.45, 2.75) is 51.0 Å². The number of nitrogens with one attached hydrogen (secondary N) is 1. The fourth-order valence-electron chi connectivity index (χ4n) is 2.82. The summed E-state index contributed by atoms with van der Waals surface area (Å²) < 4.78 is 0. The highest BCUT2D eigenvalue weighted by atomic mass is 15.0. The third kappa shape index (κ3) is 1.31. The highest BCUT2D eigenvalue weighted by molar-refractivity contribution is 4.95. The van der Waals surface area contributed by atoms with Crippen LogP contribution in [0, 0.1) is 5.92 Å². The molecule has 2 fully saturated rings.